The van der Waals surface area contributed by atoms with E-state index in [4.69, 9.17) is 9.84 Å². The normalized spacial score (nSPS) is 24.2. The number of amides is 2. The number of benzene rings is 2. The second-order valence-corrected chi connectivity index (χ2v) is 10.3. The largest absolute Gasteiger partial charge is 0.455 e. The summed E-state index contributed by atoms with van der Waals surface area (Å²) in [5, 5.41) is 15.1. The molecule has 39 heavy (non-hydrogen) atoms. The van der Waals surface area contributed by atoms with Gasteiger partial charge in [0.2, 0.25) is 11.8 Å². The van der Waals surface area contributed by atoms with Crippen LogP contribution in [-0.2, 0) is 25.5 Å². The molecule has 0 spiro atoms. The van der Waals surface area contributed by atoms with Gasteiger partial charge in [0.15, 0.2) is 0 Å². The van der Waals surface area contributed by atoms with E-state index < -0.39 is 18.1 Å². The Bertz CT molecular complexity index is 1070. The van der Waals surface area contributed by atoms with Gasteiger partial charge in [-0.2, -0.15) is 0 Å². The quantitative estimate of drug-likeness (QED) is 0.321. The maximum atomic E-state index is 13.6. The minimum absolute atomic E-state index is 0.0167. The highest BCUT2D eigenvalue weighted by molar-refractivity contribution is 5.86. The number of aliphatic hydroxyl groups is 1. The fourth-order valence-corrected chi connectivity index (χ4v) is 4.92. The first-order valence-corrected chi connectivity index (χ1v) is 14.1. The lowest BCUT2D eigenvalue weighted by Gasteiger charge is -2.30. The molecular formula is C32H42N2O5. The van der Waals surface area contributed by atoms with E-state index in [9.17, 15) is 14.4 Å². The van der Waals surface area contributed by atoms with Crippen molar-refractivity contribution >= 4 is 17.8 Å². The molecule has 1 unspecified atom stereocenters. The van der Waals surface area contributed by atoms with E-state index in [1.807, 2.05) is 86.7 Å². The van der Waals surface area contributed by atoms with Crippen molar-refractivity contribution in [3.05, 3.63) is 83.9 Å². The van der Waals surface area contributed by atoms with Gasteiger partial charge in [-0.1, -0.05) is 79.7 Å². The molecule has 2 amide bonds. The highest BCUT2D eigenvalue weighted by Crippen LogP contribution is 2.28. The molecule has 1 aliphatic rings. The number of hydrogen-bond acceptors (Lipinski definition) is 5. The summed E-state index contributed by atoms with van der Waals surface area (Å²) in [5.74, 6) is -1.64. The van der Waals surface area contributed by atoms with E-state index in [-0.39, 0.29) is 42.8 Å². The average molecular weight is 535 g/mol. The Balaban J connectivity index is 1.87. The van der Waals surface area contributed by atoms with Crippen LogP contribution in [0.5, 0.6) is 0 Å². The van der Waals surface area contributed by atoms with Crippen LogP contribution in [0.1, 0.15) is 69.6 Å². The minimum Gasteiger partial charge on any atom is -0.455 e. The van der Waals surface area contributed by atoms with Crippen LogP contribution in [0.3, 0.4) is 0 Å². The molecule has 0 radical (unpaired) electrons. The molecule has 0 aromatic heterocycles. The van der Waals surface area contributed by atoms with E-state index in [0.29, 0.717) is 38.5 Å². The molecule has 2 aromatic rings. The average Bonchev–Trinajstić information content (AvgIpc) is 2.94. The lowest BCUT2D eigenvalue weighted by atomic mass is 9.94. The molecule has 5 atom stereocenters. The van der Waals surface area contributed by atoms with Crippen molar-refractivity contribution in [2.24, 2.45) is 11.8 Å². The topological polar surface area (TPSA) is 105 Å². The second-order valence-electron chi connectivity index (χ2n) is 10.3. The number of ether oxygens (including phenoxy) is 1. The summed E-state index contributed by atoms with van der Waals surface area (Å²) in [6.45, 7) is 3.76. The Hall–Kier alpha value is -3.45. The zero-order chi connectivity index (χ0) is 28.0. The third-order valence-electron chi connectivity index (χ3n) is 7.20. The summed E-state index contributed by atoms with van der Waals surface area (Å²) in [5.41, 5.74) is 1.89. The maximum absolute atomic E-state index is 13.6. The van der Waals surface area contributed by atoms with Gasteiger partial charge in [0, 0.05) is 19.1 Å². The van der Waals surface area contributed by atoms with Crippen LogP contribution in [0.15, 0.2) is 72.8 Å². The molecule has 210 valence electrons. The summed E-state index contributed by atoms with van der Waals surface area (Å²) in [4.78, 5) is 39.8. The second kappa shape index (κ2) is 15.8. The Labute approximate surface area is 232 Å². The predicted octanol–water partition coefficient (Wildman–Crippen LogP) is 4.66. The minimum atomic E-state index is -0.654. The lowest BCUT2D eigenvalue weighted by molar-refractivity contribution is -0.157. The number of cyclic esters (lactones) is 1. The Morgan fingerprint density at radius 1 is 1.05 bits per heavy atom. The molecule has 3 rings (SSSR count). The maximum Gasteiger partial charge on any atom is 0.309 e. The van der Waals surface area contributed by atoms with Crippen LogP contribution in [0.4, 0.5) is 0 Å². The summed E-state index contributed by atoms with van der Waals surface area (Å²) < 4.78 is 6.20. The molecule has 7 heteroatoms. The van der Waals surface area contributed by atoms with Crippen molar-refractivity contribution in [3.8, 4) is 0 Å². The lowest BCUT2D eigenvalue weighted by Crippen LogP contribution is -2.45. The molecule has 0 aliphatic carbocycles. The Morgan fingerprint density at radius 2 is 1.74 bits per heavy atom. The van der Waals surface area contributed by atoms with Crippen LogP contribution in [-0.4, -0.2) is 41.6 Å². The van der Waals surface area contributed by atoms with E-state index in [0.717, 1.165) is 11.1 Å². The Morgan fingerprint density at radius 3 is 2.41 bits per heavy atom. The molecule has 1 heterocycles. The molecular weight excluding hydrogens is 492 g/mol. The molecule has 3 N–H and O–H groups in total. The molecule has 2 aromatic carbocycles. The van der Waals surface area contributed by atoms with Crippen molar-refractivity contribution in [1.29, 1.82) is 0 Å². The summed E-state index contributed by atoms with van der Waals surface area (Å²) >= 11 is 0. The number of hydrogen-bond donors (Lipinski definition) is 3. The van der Waals surface area contributed by atoms with Crippen LogP contribution in [0.2, 0.25) is 0 Å². The van der Waals surface area contributed by atoms with Gasteiger partial charge in [0.25, 0.3) is 0 Å². The summed E-state index contributed by atoms with van der Waals surface area (Å²) in [6.07, 6.45) is 6.58. The predicted molar refractivity (Wildman–Crippen MR) is 152 cm³/mol. The molecule has 0 bridgehead atoms. The first kappa shape index (κ1) is 30.1. The third kappa shape index (κ3) is 9.66. The van der Waals surface area contributed by atoms with Crippen molar-refractivity contribution in [1.82, 2.24) is 10.6 Å². The molecule has 1 aliphatic heterocycles. The molecule has 0 saturated carbocycles. The van der Waals surface area contributed by atoms with Crippen molar-refractivity contribution in [2.45, 2.75) is 77.0 Å². The van der Waals surface area contributed by atoms with Gasteiger partial charge in [-0.05, 0) is 56.6 Å². The number of nitrogens with one attached hydrogen (secondary N) is 2. The van der Waals surface area contributed by atoms with Crippen LogP contribution < -0.4 is 10.6 Å². The van der Waals surface area contributed by atoms with E-state index in [1.54, 1.807) is 0 Å². The Kier molecular flexibility index (Phi) is 12.2. The van der Waals surface area contributed by atoms with Gasteiger partial charge in [-0.25, -0.2) is 0 Å². The van der Waals surface area contributed by atoms with E-state index in [1.165, 1.54) is 0 Å². The van der Waals surface area contributed by atoms with Gasteiger partial charge < -0.3 is 20.5 Å². The summed E-state index contributed by atoms with van der Waals surface area (Å²) in [6, 6.07) is 18.8. The zero-order valence-electron chi connectivity index (χ0n) is 23.1. The third-order valence-corrected chi connectivity index (χ3v) is 7.20. The first-order valence-electron chi connectivity index (χ1n) is 14.1. The molecule has 7 nitrogen and oxygen atoms in total. The van der Waals surface area contributed by atoms with Crippen molar-refractivity contribution in [3.63, 3.8) is 0 Å². The standard InChI is InChI=1S/C32H42N2O5/c1-3-28-30(25-15-9-5-10-16-25)39-32(38)27(21-24-13-7-4-8-14-24)18-12-6-11-17-26(31(37)34-28)22-29(36)33-23(2)19-20-35/h4-11,13-16,23,26-28,30,35H,3,12,17-22H2,1-2H3,(H,33,36)(H,34,37)/b11-6+/t23-,26+,27+,28-,30?/m0/s1. The van der Waals surface area contributed by atoms with Gasteiger partial charge in [-0.15, -0.1) is 0 Å². The van der Waals surface area contributed by atoms with Crippen LogP contribution in [0, 0.1) is 11.8 Å². The van der Waals surface area contributed by atoms with Crippen LogP contribution >= 0.6 is 0 Å². The van der Waals surface area contributed by atoms with Gasteiger partial charge in [0.05, 0.1) is 17.9 Å². The molecule has 0 fully saturated rings. The number of carbonyl (C=O) groups excluding carboxylic acids is 3. The van der Waals surface area contributed by atoms with Gasteiger partial charge >= 0.3 is 5.97 Å². The molecule has 0 saturated heterocycles. The SMILES string of the molecule is CC[C@@H]1NC(=O)[C@@H](CC(=O)N[C@@H](C)CCO)C/C=C/CC[C@H](Cc2ccccc2)C(=O)OC1c1ccccc1. The number of carbonyl (C=O) groups is 3. The number of aliphatic hydroxyl groups excluding tert-OH is 1. The van der Waals surface area contributed by atoms with Gasteiger partial charge in [-0.3, -0.25) is 14.4 Å². The number of esters is 1. The van der Waals surface area contributed by atoms with Crippen LogP contribution in [0.25, 0.3) is 0 Å². The first-order chi connectivity index (χ1) is 18.9. The van der Waals surface area contributed by atoms with Gasteiger partial charge in [0.1, 0.15) is 6.10 Å². The van der Waals surface area contributed by atoms with Crippen molar-refractivity contribution in [2.75, 3.05) is 6.61 Å². The smallest absolute Gasteiger partial charge is 0.309 e. The fraction of sp³-hybridized carbons (Fsp3) is 0.469. The summed E-state index contributed by atoms with van der Waals surface area (Å²) in [7, 11) is 0. The number of allylic oxidation sites excluding steroid dienone is 2. The monoisotopic (exact) mass is 534 g/mol. The zero-order valence-corrected chi connectivity index (χ0v) is 23.1. The van der Waals surface area contributed by atoms with Crippen molar-refractivity contribution < 1.29 is 24.2 Å². The van der Waals surface area contributed by atoms with E-state index >= 15 is 0 Å². The highest BCUT2D eigenvalue weighted by Gasteiger charge is 2.32. The number of rotatable bonds is 9. The fourth-order valence-electron chi connectivity index (χ4n) is 4.92. The van der Waals surface area contributed by atoms with E-state index in [2.05, 4.69) is 10.6 Å². The highest BCUT2D eigenvalue weighted by atomic mass is 16.5.